The number of hydrogen-bond acceptors (Lipinski definition) is 6. The van der Waals surface area contributed by atoms with Crippen LogP contribution in [0.2, 0.25) is 0 Å². The number of aromatic amines is 1. The van der Waals surface area contributed by atoms with Gasteiger partial charge in [0.25, 0.3) is 5.91 Å². The zero-order chi connectivity index (χ0) is 23.8. The lowest BCUT2D eigenvalue weighted by molar-refractivity contribution is 0.0963. The first-order valence-corrected chi connectivity index (χ1v) is 11.1. The Morgan fingerprint density at radius 2 is 2.06 bits per heavy atom. The van der Waals surface area contributed by atoms with E-state index in [9.17, 15) is 9.59 Å². The van der Waals surface area contributed by atoms with Crippen molar-refractivity contribution in [3.05, 3.63) is 48.4 Å². The SMILES string of the molecule is CNC(=O)c1cnc2[nH]cc(-c3ccc4ncc(N)c(N5CCC[C@H](NC(=O)O)C5)c4c3)c2c1. The zero-order valence-electron chi connectivity index (χ0n) is 18.6. The largest absolute Gasteiger partial charge is 0.465 e. The van der Waals surface area contributed by atoms with Crippen molar-refractivity contribution in [3.63, 3.8) is 0 Å². The molecule has 4 heterocycles. The third kappa shape index (κ3) is 3.83. The molecule has 5 rings (SSSR count). The second-order valence-electron chi connectivity index (χ2n) is 8.43. The highest BCUT2D eigenvalue weighted by atomic mass is 16.4. The van der Waals surface area contributed by atoms with E-state index in [1.165, 1.54) is 0 Å². The number of carbonyl (C=O) groups excluding carboxylic acids is 1. The van der Waals surface area contributed by atoms with Crippen molar-refractivity contribution >= 4 is 45.3 Å². The minimum absolute atomic E-state index is 0.167. The Hall–Kier alpha value is -4.34. The Bertz CT molecular complexity index is 1410. The first kappa shape index (κ1) is 21.5. The average Bonchev–Trinajstić information content (AvgIpc) is 3.26. The highest BCUT2D eigenvalue weighted by Crippen LogP contribution is 2.37. The lowest BCUT2D eigenvalue weighted by atomic mass is 9.99. The smallest absolute Gasteiger partial charge is 0.404 e. The number of carboxylic acid groups (broad SMARTS) is 1. The number of hydrogen-bond donors (Lipinski definition) is 5. The van der Waals surface area contributed by atoms with Crippen LogP contribution >= 0.6 is 0 Å². The number of piperidine rings is 1. The van der Waals surface area contributed by atoms with E-state index in [0.717, 1.165) is 52.5 Å². The minimum Gasteiger partial charge on any atom is -0.465 e. The first-order valence-electron chi connectivity index (χ1n) is 11.1. The summed E-state index contributed by atoms with van der Waals surface area (Å²) in [6, 6.07) is 7.62. The fourth-order valence-electron chi connectivity index (χ4n) is 4.70. The summed E-state index contributed by atoms with van der Waals surface area (Å²) in [5.41, 5.74) is 11.6. The molecule has 1 aromatic carbocycles. The van der Waals surface area contributed by atoms with Gasteiger partial charge in [-0.1, -0.05) is 6.07 Å². The fourth-order valence-corrected chi connectivity index (χ4v) is 4.70. The van der Waals surface area contributed by atoms with Crippen LogP contribution in [0.1, 0.15) is 23.2 Å². The van der Waals surface area contributed by atoms with Crippen molar-refractivity contribution in [1.82, 2.24) is 25.6 Å². The summed E-state index contributed by atoms with van der Waals surface area (Å²) in [5.74, 6) is -0.200. The molecule has 1 atom stereocenters. The molecule has 1 fully saturated rings. The minimum atomic E-state index is -1.02. The quantitative estimate of drug-likeness (QED) is 0.315. The van der Waals surface area contributed by atoms with Gasteiger partial charge in [0, 0.05) is 54.9 Å². The van der Waals surface area contributed by atoms with Crippen molar-refractivity contribution in [3.8, 4) is 11.1 Å². The van der Waals surface area contributed by atoms with Crippen LogP contribution in [0.25, 0.3) is 33.1 Å². The summed E-state index contributed by atoms with van der Waals surface area (Å²) in [4.78, 5) is 37.5. The number of nitrogens with two attached hydrogens (primary N) is 1. The Labute approximate surface area is 195 Å². The van der Waals surface area contributed by atoms with Gasteiger partial charge in [-0.05, 0) is 36.6 Å². The number of rotatable bonds is 4. The van der Waals surface area contributed by atoms with Gasteiger partial charge in [0.2, 0.25) is 0 Å². The summed E-state index contributed by atoms with van der Waals surface area (Å²) >= 11 is 0. The van der Waals surface area contributed by atoms with E-state index >= 15 is 0 Å². The van der Waals surface area contributed by atoms with Gasteiger partial charge >= 0.3 is 6.09 Å². The molecule has 1 aliphatic rings. The second kappa shape index (κ2) is 8.54. The molecule has 0 saturated carbocycles. The highest BCUT2D eigenvalue weighted by Gasteiger charge is 2.24. The van der Waals surface area contributed by atoms with Gasteiger partial charge in [0.15, 0.2) is 0 Å². The topological polar surface area (TPSA) is 149 Å². The summed E-state index contributed by atoms with van der Waals surface area (Å²) in [6.07, 6.45) is 5.68. The number of carbonyl (C=O) groups is 2. The van der Waals surface area contributed by atoms with E-state index in [1.807, 2.05) is 30.5 Å². The van der Waals surface area contributed by atoms with Crippen LogP contribution in [0.3, 0.4) is 0 Å². The van der Waals surface area contributed by atoms with E-state index in [2.05, 4.69) is 30.5 Å². The number of H-pyrrole nitrogens is 1. The van der Waals surface area contributed by atoms with Crippen LogP contribution in [-0.4, -0.2) is 58.2 Å². The van der Waals surface area contributed by atoms with Crippen molar-refractivity contribution < 1.29 is 14.7 Å². The monoisotopic (exact) mass is 459 g/mol. The summed E-state index contributed by atoms with van der Waals surface area (Å²) < 4.78 is 0. The van der Waals surface area contributed by atoms with Crippen molar-refractivity contribution in [2.75, 3.05) is 30.8 Å². The Balaban J connectivity index is 1.60. The Kier molecular flexibility index (Phi) is 5.40. The predicted molar refractivity (Wildman–Crippen MR) is 131 cm³/mol. The number of fused-ring (bicyclic) bond motifs is 2. The standard InChI is InChI=1S/C24H25N7O3/c1-26-23(32)14-8-16-18(10-29-22(16)28-9-14)13-4-5-20-17(7-13)21(19(25)11-27-20)31-6-2-3-15(12-31)30-24(33)34/h4-5,7-11,15,30H,2-3,6,12,25H2,1H3,(H,26,32)(H,28,29)(H,33,34)/t15-/m0/s1. The van der Waals surface area contributed by atoms with Gasteiger partial charge in [-0.15, -0.1) is 0 Å². The molecule has 0 bridgehead atoms. The van der Waals surface area contributed by atoms with Crippen LogP contribution in [0, 0.1) is 0 Å². The van der Waals surface area contributed by atoms with Crippen LogP contribution in [0.15, 0.2) is 42.9 Å². The predicted octanol–water partition coefficient (Wildman–Crippen LogP) is 2.96. The molecule has 10 heteroatoms. The van der Waals surface area contributed by atoms with E-state index in [1.54, 1.807) is 19.4 Å². The van der Waals surface area contributed by atoms with Gasteiger partial charge in [0.05, 0.1) is 28.7 Å². The molecule has 0 radical (unpaired) electrons. The van der Waals surface area contributed by atoms with E-state index in [-0.39, 0.29) is 11.9 Å². The third-order valence-corrected chi connectivity index (χ3v) is 6.26. The van der Waals surface area contributed by atoms with E-state index in [4.69, 9.17) is 10.8 Å². The summed E-state index contributed by atoms with van der Waals surface area (Å²) in [5, 5.41) is 16.1. The number of nitrogens with zero attached hydrogens (tertiary/aromatic N) is 3. The molecule has 0 aliphatic carbocycles. The molecule has 10 nitrogen and oxygen atoms in total. The summed E-state index contributed by atoms with van der Waals surface area (Å²) in [7, 11) is 1.59. The number of amides is 2. The molecule has 6 N–H and O–H groups in total. The Morgan fingerprint density at radius 1 is 1.21 bits per heavy atom. The first-order chi connectivity index (χ1) is 16.4. The molecular weight excluding hydrogens is 434 g/mol. The maximum absolute atomic E-state index is 12.1. The fraction of sp³-hybridized carbons (Fsp3) is 0.250. The number of pyridine rings is 2. The molecule has 2 amide bonds. The molecule has 174 valence electrons. The van der Waals surface area contributed by atoms with E-state index in [0.29, 0.717) is 23.4 Å². The Morgan fingerprint density at radius 3 is 2.85 bits per heavy atom. The molecule has 1 saturated heterocycles. The number of aromatic nitrogens is 3. The van der Waals surface area contributed by atoms with Gasteiger partial charge in [0.1, 0.15) is 5.65 Å². The number of nitrogen functional groups attached to an aromatic ring is 1. The molecule has 0 spiro atoms. The highest BCUT2D eigenvalue weighted by molar-refractivity contribution is 6.04. The maximum Gasteiger partial charge on any atom is 0.404 e. The molecule has 4 aromatic rings. The lowest BCUT2D eigenvalue weighted by Crippen LogP contribution is -2.47. The van der Waals surface area contributed by atoms with Crippen molar-refractivity contribution in [1.29, 1.82) is 0 Å². The maximum atomic E-state index is 12.1. The number of benzene rings is 1. The van der Waals surface area contributed by atoms with E-state index < -0.39 is 6.09 Å². The van der Waals surface area contributed by atoms with Crippen LogP contribution in [0.4, 0.5) is 16.2 Å². The number of anilines is 2. The number of nitrogens with one attached hydrogen (secondary N) is 3. The molecule has 34 heavy (non-hydrogen) atoms. The lowest BCUT2D eigenvalue weighted by Gasteiger charge is -2.35. The van der Waals surface area contributed by atoms with Gasteiger partial charge in [-0.25, -0.2) is 9.78 Å². The molecule has 3 aromatic heterocycles. The van der Waals surface area contributed by atoms with Crippen LogP contribution < -0.4 is 21.3 Å². The second-order valence-corrected chi connectivity index (χ2v) is 8.43. The molecule has 0 unspecified atom stereocenters. The molecular formula is C24H25N7O3. The average molecular weight is 460 g/mol. The van der Waals surface area contributed by atoms with Crippen LogP contribution in [-0.2, 0) is 0 Å². The molecule has 1 aliphatic heterocycles. The van der Waals surface area contributed by atoms with Crippen LogP contribution in [0.5, 0.6) is 0 Å². The normalized spacial score (nSPS) is 16.0. The third-order valence-electron chi connectivity index (χ3n) is 6.26. The zero-order valence-corrected chi connectivity index (χ0v) is 18.6. The van der Waals surface area contributed by atoms with Crippen molar-refractivity contribution in [2.24, 2.45) is 0 Å². The van der Waals surface area contributed by atoms with Gasteiger partial charge in [-0.2, -0.15) is 0 Å². The van der Waals surface area contributed by atoms with Gasteiger partial charge in [-0.3, -0.25) is 9.78 Å². The van der Waals surface area contributed by atoms with Crippen molar-refractivity contribution in [2.45, 2.75) is 18.9 Å². The van der Waals surface area contributed by atoms with Gasteiger partial charge < -0.3 is 31.4 Å². The summed E-state index contributed by atoms with van der Waals surface area (Å²) in [6.45, 7) is 1.31.